The molecular weight excluding hydrogens is 216 g/mol. The summed E-state index contributed by atoms with van der Waals surface area (Å²) in [6, 6.07) is 12.9. The lowest BCUT2D eigenvalue weighted by Gasteiger charge is -2.10. The average molecular weight is 228 g/mol. The Hall–Kier alpha value is -2.36. The van der Waals surface area contributed by atoms with Gasteiger partial charge in [0.2, 0.25) is 11.8 Å². The quantitative estimate of drug-likeness (QED) is 0.764. The van der Waals surface area contributed by atoms with E-state index in [1.807, 2.05) is 30.3 Å². The maximum Gasteiger partial charge on any atom is 0.234 e. The zero-order valence-corrected chi connectivity index (χ0v) is 9.09. The van der Waals surface area contributed by atoms with Gasteiger partial charge >= 0.3 is 0 Å². The number of carbonyl (C=O) groups is 2. The molecule has 0 radical (unpaired) electrons. The fourth-order valence-electron chi connectivity index (χ4n) is 1.86. The van der Waals surface area contributed by atoms with E-state index in [1.54, 1.807) is 12.1 Å². The molecule has 0 unspecified atom stereocenters. The summed E-state index contributed by atoms with van der Waals surface area (Å²) in [4.78, 5) is 22.4. The van der Waals surface area contributed by atoms with Crippen LogP contribution in [-0.4, -0.2) is 11.8 Å². The maximum absolute atomic E-state index is 11.2. The van der Waals surface area contributed by atoms with Crippen molar-refractivity contribution < 1.29 is 9.59 Å². The number of fused-ring (bicyclic) bond motifs is 1. The van der Waals surface area contributed by atoms with E-state index in [0.717, 1.165) is 10.8 Å². The SMILES string of the molecule is NC(=O)C(C(N)=O)c1ccc2ccccc2c1. The van der Waals surface area contributed by atoms with Gasteiger partial charge in [0.1, 0.15) is 5.92 Å². The summed E-state index contributed by atoms with van der Waals surface area (Å²) in [6.45, 7) is 0. The Labute approximate surface area is 98.2 Å². The second-order valence-corrected chi connectivity index (χ2v) is 3.84. The van der Waals surface area contributed by atoms with Gasteiger partial charge in [-0.25, -0.2) is 0 Å². The summed E-state index contributed by atoms with van der Waals surface area (Å²) in [7, 11) is 0. The van der Waals surface area contributed by atoms with E-state index in [9.17, 15) is 9.59 Å². The Bertz CT molecular complexity index is 579. The highest BCUT2D eigenvalue weighted by atomic mass is 16.2. The van der Waals surface area contributed by atoms with Gasteiger partial charge in [0, 0.05) is 0 Å². The molecule has 4 nitrogen and oxygen atoms in total. The van der Waals surface area contributed by atoms with Gasteiger partial charge in [0.25, 0.3) is 0 Å². The maximum atomic E-state index is 11.2. The van der Waals surface area contributed by atoms with Crippen LogP contribution in [0.1, 0.15) is 11.5 Å². The second kappa shape index (κ2) is 4.25. The molecule has 17 heavy (non-hydrogen) atoms. The molecule has 0 saturated carbocycles. The molecule has 0 saturated heterocycles. The van der Waals surface area contributed by atoms with Crippen molar-refractivity contribution in [3.8, 4) is 0 Å². The lowest BCUT2D eigenvalue weighted by molar-refractivity contribution is -0.128. The van der Waals surface area contributed by atoms with Crippen molar-refractivity contribution in [2.45, 2.75) is 5.92 Å². The smallest absolute Gasteiger partial charge is 0.234 e. The van der Waals surface area contributed by atoms with Crippen molar-refractivity contribution >= 4 is 22.6 Å². The first-order chi connectivity index (χ1) is 8.09. The zero-order valence-electron chi connectivity index (χ0n) is 9.09. The summed E-state index contributed by atoms with van der Waals surface area (Å²) in [5, 5.41) is 1.97. The van der Waals surface area contributed by atoms with E-state index >= 15 is 0 Å². The molecule has 0 aliphatic carbocycles. The third kappa shape index (κ3) is 2.10. The number of amides is 2. The van der Waals surface area contributed by atoms with Crippen molar-refractivity contribution in [3.05, 3.63) is 48.0 Å². The first kappa shape index (κ1) is 11.1. The standard InChI is InChI=1S/C13H12N2O2/c14-12(16)11(13(15)17)10-6-5-8-3-1-2-4-9(8)7-10/h1-7,11H,(H2,14,16)(H2,15,17). The molecule has 2 amide bonds. The van der Waals surface area contributed by atoms with Gasteiger partial charge in [0.05, 0.1) is 0 Å². The van der Waals surface area contributed by atoms with Gasteiger partial charge in [0.15, 0.2) is 0 Å². The predicted octanol–water partition coefficient (Wildman–Crippen LogP) is 0.894. The van der Waals surface area contributed by atoms with E-state index in [0.29, 0.717) is 5.56 Å². The van der Waals surface area contributed by atoms with Crippen LogP contribution in [0.2, 0.25) is 0 Å². The second-order valence-electron chi connectivity index (χ2n) is 3.84. The van der Waals surface area contributed by atoms with Crippen molar-refractivity contribution in [1.29, 1.82) is 0 Å². The minimum absolute atomic E-state index is 0.531. The van der Waals surface area contributed by atoms with Crippen molar-refractivity contribution in [1.82, 2.24) is 0 Å². The molecule has 2 aromatic carbocycles. The molecule has 0 atom stereocenters. The summed E-state index contributed by atoms with van der Waals surface area (Å²) in [6.07, 6.45) is 0. The molecule has 0 heterocycles. The first-order valence-electron chi connectivity index (χ1n) is 5.17. The number of hydrogen-bond donors (Lipinski definition) is 2. The van der Waals surface area contributed by atoms with Crippen LogP contribution in [0.4, 0.5) is 0 Å². The summed E-state index contributed by atoms with van der Waals surface area (Å²) in [5.74, 6) is -2.53. The lowest BCUT2D eigenvalue weighted by atomic mass is 9.95. The fraction of sp³-hybridized carbons (Fsp3) is 0.0769. The van der Waals surface area contributed by atoms with E-state index in [2.05, 4.69) is 0 Å². The molecule has 4 heteroatoms. The highest BCUT2D eigenvalue weighted by molar-refractivity contribution is 6.05. The molecule has 0 aliphatic heterocycles. The van der Waals surface area contributed by atoms with Crippen molar-refractivity contribution in [2.24, 2.45) is 11.5 Å². The summed E-state index contributed by atoms with van der Waals surface area (Å²) in [5.41, 5.74) is 10.9. The minimum Gasteiger partial charge on any atom is -0.369 e. The molecule has 2 aromatic rings. The molecule has 0 bridgehead atoms. The average Bonchev–Trinajstić information content (AvgIpc) is 2.28. The molecule has 4 N–H and O–H groups in total. The molecule has 0 aromatic heterocycles. The van der Waals surface area contributed by atoms with Crippen LogP contribution >= 0.6 is 0 Å². The van der Waals surface area contributed by atoms with Crippen molar-refractivity contribution in [3.63, 3.8) is 0 Å². The van der Waals surface area contributed by atoms with Crippen LogP contribution in [0.5, 0.6) is 0 Å². The van der Waals surface area contributed by atoms with Crippen LogP contribution in [0.25, 0.3) is 10.8 Å². The highest BCUT2D eigenvalue weighted by Gasteiger charge is 2.23. The third-order valence-corrected chi connectivity index (χ3v) is 2.68. The van der Waals surface area contributed by atoms with Crippen LogP contribution in [0.3, 0.4) is 0 Å². The van der Waals surface area contributed by atoms with Gasteiger partial charge in [-0.3, -0.25) is 9.59 Å². The molecule has 0 spiro atoms. The Morgan fingerprint density at radius 3 is 2.06 bits per heavy atom. The van der Waals surface area contributed by atoms with Gasteiger partial charge in [-0.2, -0.15) is 0 Å². The number of hydrogen-bond acceptors (Lipinski definition) is 2. The monoisotopic (exact) mass is 228 g/mol. The minimum atomic E-state index is -1.07. The fourth-order valence-corrected chi connectivity index (χ4v) is 1.86. The van der Waals surface area contributed by atoms with Crippen LogP contribution in [-0.2, 0) is 9.59 Å². The number of benzene rings is 2. The lowest BCUT2D eigenvalue weighted by Crippen LogP contribution is -2.32. The number of rotatable bonds is 3. The molecule has 0 aliphatic rings. The molecule has 2 rings (SSSR count). The van der Waals surface area contributed by atoms with E-state index in [4.69, 9.17) is 11.5 Å². The van der Waals surface area contributed by atoms with Gasteiger partial charge in [-0.15, -0.1) is 0 Å². The van der Waals surface area contributed by atoms with E-state index in [-0.39, 0.29) is 0 Å². The summed E-state index contributed by atoms with van der Waals surface area (Å²) >= 11 is 0. The number of nitrogens with two attached hydrogens (primary N) is 2. The Morgan fingerprint density at radius 2 is 1.47 bits per heavy atom. The topological polar surface area (TPSA) is 86.2 Å². The predicted molar refractivity (Wildman–Crippen MR) is 65.1 cm³/mol. The molecule has 86 valence electrons. The third-order valence-electron chi connectivity index (χ3n) is 2.68. The Morgan fingerprint density at radius 1 is 0.882 bits per heavy atom. The van der Waals surface area contributed by atoms with Crippen LogP contribution in [0, 0.1) is 0 Å². The van der Waals surface area contributed by atoms with Gasteiger partial charge in [-0.1, -0.05) is 36.4 Å². The Kier molecular flexibility index (Phi) is 2.78. The van der Waals surface area contributed by atoms with Gasteiger partial charge < -0.3 is 11.5 Å². The molecule has 0 fully saturated rings. The largest absolute Gasteiger partial charge is 0.369 e. The number of carbonyl (C=O) groups excluding carboxylic acids is 2. The van der Waals surface area contributed by atoms with Gasteiger partial charge in [-0.05, 0) is 22.4 Å². The van der Waals surface area contributed by atoms with Crippen LogP contribution in [0.15, 0.2) is 42.5 Å². The zero-order chi connectivity index (χ0) is 12.4. The van der Waals surface area contributed by atoms with Crippen LogP contribution < -0.4 is 11.5 Å². The van der Waals surface area contributed by atoms with E-state index < -0.39 is 17.7 Å². The van der Waals surface area contributed by atoms with E-state index in [1.165, 1.54) is 0 Å². The Balaban J connectivity index is 2.55. The van der Waals surface area contributed by atoms with Crippen molar-refractivity contribution in [2.75, 3.05) is 0 Å². The molecular formula is C13H12N2O2. The highest BCUT2D eigenvalue weighted by Crippen LogP contribution is 2.21. The first-order valence-corrected chi connectivity index (χ1v) is 5.17. The normalized spacial score (nSPS) is 10.6. The summed E-state index contributed by atoms with van der Waals surface area (Å²) < 4.78 is 0. The number of primary amides is 2.